The number of urea groups is 1. The predicted molar refractivity (Wildman–Crippen MR) is 80.1 cm³/mol. The van der Waals surface area contributed by atoms with Crippen LogP contribution < -0.4 is 15.4 Å². The summed E-state index contributed by atoms with van der Waals surface area (Å²) in [5.41, 5.74) is 1.19. The lowest BCUT2D eigenvalue weighted by molar-refractivity contribution is 0.247. The summed E-state index contributed by atoms with van der Waals surface area (Å²) in [7, 11) is 0. The van der Waals surface area contributed by atoms with Crippen molar-refractivity contribution in [2.45, 2.75) is 0 Å². The van der Waals surface area contributed by atoms with Crippen LogP contribution in [0.3, 0.4) is 0 Å². The van der Waals surface area contributed by atoms with Gasteiger partial charge in [-0.1, -0.05) is 18.2 Å². The van der Waals surface area contributed by atoms with Gasteiger partial charge in [-0.2, -0.15) is 5.26 Å². The minimum Gasteiger partial charge on any atom is -0.492 e. The molecule has 0 fully saturated rings. The molecule has 0 spiro atoms. The van der Waals surface area contributed by atoms with Gasteiger partial charge in [0.05, 0.1) is 18.2 Å². The Labute approximate surface area is 123 Å². The monoisotopic (exact) mass is 281 g/mol. The van der Waals surface area contributed by atoms with E-state index in [0.717, 1.165) is 5.75 Å². The average molecular weight is 281 g/mol. The highest BCUT2D eigenvalue weighted by molar-refractivity contribution is 5.89. The number of anilines is 1. The molecular weight excluding hydrogens is 266 g/mol. The first kappa shape index (κ1) is 14.4. The zero-order valence-corrected chi connectivity index (χ0v) is 11.4. The molecule has 5 heteroatoms. The van der Waals surface area contributed by atoms with Gasteiger partial charge in [0.1, 0.15) is 12.4 Å². The van der Waals surface area contributed by atoms with Crippen molar-refractivity contribution in [1.82, 2.24) is 5.32 Å². The van der Waals surface area contributed by atoms with Gasteiger partial charge in [-0.25, -0.2) is 4.79 Å². The second kappa shape index (κ2) is 7.56. The van der Waals surface area contributed by atoms with Gasteiger partial charge in [-0.05, 0) is 36.4 Å². The minimum atomic E-state index is -0.309. The number of amides is 2. The molecule has 2 N–H and O–H groups in total. The van der Waals surface area contributed by atoms with Crippen molar-refractivity contribution in [3.63, 3.8) is 0 Å². The Kier molecular flexibility index (Phi) is 5.18. The van der Waals surface area contributed by atoms with Crippen LogP contribution in [0, 0.1) is 11.3 Å². The molecule has 0 aliphatic carbocycles. The van der Waals surface area contributed by atoms with Gasteiger partial charge >= 0.3 is 6.03 Å². The van der Waals surface area contributed by atoms with Gasteiger partial charge in [0, 0.05) is 5.69 Å². The summed E-state index contributed by atoms with van der Waals surface area (Å²) >= 11 is 0. The van der Waals surface area contributed by atoms with Crippen molar-refractivity contribution >= 4 is 11.7 Å². The molecule has 2 aromatic rings. The number of para-hydroxylation sites is 1. The Balaban J connectivity index is 1.69. The van der Waals surface area contributed by atoms with E-state index in [0.29, 0.717) is 24.4 Å². The van der Waals surface area contributed by atoms with Crippen molar-refractivity contribution in [2.24, 2.45) is 0 Å². The number of nitriles is 1. The Morgan fingerprint density at radius 1 is 1.10 bits per heavy atom. The standard InChI is InChI=1S/C16H15N3O2/c17-12-13-6-8-14(9-7-13)19-16(20)18-10-11-21-15-4-2-1-3-5-15/h1-9H,10-11H2,(H2,18,19,20). The number of benzene rings is 2. The molecular formula is C16H15N3O2. The number of carbonyl (C=O) groups excluding carboxylic acids is 1. The third-order valence-electron chi connectivity index (χ3n) is 2.67. The van der Waals surface area contributed by atoms with Crippen LogP contribution in [-0.2, 0) is 0 Å². The lowest BCUT2D eigenvalue weighted by Gasteiger charge is -2.09. The van der Waals surface area contributed by atoms with Crippen molar-refractivity contribution < 1.29 is 9.53 Å². The topological polar surface area (TPSA) is 74.2 Å². The summed E-state index contributed by atoms with van der Waals surface area (Å²) < 4.78 is 5.46. The summed E-state index contributed by atoms with van der Waals surface area (Å²) in [6, 6.07) is 17.8. The lowest BCUT2D eigenvalue weighted by Crippen LogP contribution is -2.32. The van der Waals surface area contributed by atoms with Crippen LogP contribution in [0.25, 0.3) is 0 Å². The maximum Gasteiger partial charge on any atom is 0.319 e. The van der Waals surface area contributed by atoms with E-state index in [2.05, 4.69) is 10.6 Å². The molecule has 2 rings (SSSR count). The molecule has 2 aromatic carbocycles. The van der Waals surface area contributed by atoms with E-state index >= 15 is 0 Å². The molecule has 106 valence electrons. The zero-order chi connectivity index (χ0) is 14.9. The number of carbonyl (C=O) groups is 1. The van der Waals surface area contributed by atoms with Gasteiger partial charge in [0.2, 0.25) is 0 Å². The summed E-state index contributed by atoms with van der Waals surface area (Å²) in [6.07, 6.45) is 0. The minimum absolute atomic E-state index is 0.309. The number of rotatable bonds is 5. The predicted octanol–water partition coefficient (Wildman–Crippen LogP) is 2.76. The molecule has 2 amide bonds. The molecule has 0 aliphatic rings. The van der Waals surface area contributed by atoms with Crippen molar-refractivity contribution in [3.05, 3.63) is 60.2 Å². The highest BCUT2D eigenvalue weighted by Gasteiger charge is 2.01. The Bertz CT molecular complexity index is 618. The fraction of sp³-hybridized carbons (Fsp3) is 0.125. The third-order valence-corrected chi connectivity index (χ3v) is 2.67. The zero-order valence-electron chi connectivity index (χ0n) is 11.4. The number of hydrogen-bond donors (Lipinski definition) is 2. The van der Waals surface area contributed by atoms with Crippen LogP contribution in [-0.4, -0.2) is 19.2 Å². The Hall–Kier alpha value is -3.00. The van der Waals surface area contributed by atoms with E-state index in [-0.39, 0.29) is 6.03 Å². The van der Waals surface area contributed by atoms with Crippen LogP contribution in [0.15, 0.2) is 54.6 Å². The van der Waals surface area contributed by atoms with E-state index in [4.69, 9.17) is 10.00 Å². The van der Waals surface area contributed by atoms with E-state index in [1.54, 1.807) is 24.3 Å². The van der Waals surface area contributed by atoms with E-state index in [1.165, 1.54) is 0 Å². The van der Waals surface area contributed by atoms with Crippen molar-refractivity contribution in [3.8, 4) is 11.8 Å². The molecule has 0 heterocycles. The van der Waals surface area contributed by atoms with Gasteiger partial charge in [-0.3, -0.25) is 0 Å². The van der Waals surface area contributed by atoms with Crippen LogP contribution in [0.1, 0.15) is 5.56 Å². The van der Waals surface area contributed by atoms with Gasteiger partial charge in [0.15, 0.2) is 0 Å². The summed E-state index contributed by atoms with van der Waals surface area (Å²) in [5, 5.41) is 14.1. The van der Waals surface area contributed by atoms with Crippen LogP contribution >= 0.6 is 0 Å². The maximum absolute atomic E-state index is 11.6. The Morgan fingerprint density at radius 2 is 1.81 bits per heavy atom. The van der Waals surface area contributed by atoms with E-state index in [1.807, 2.05) is 36.4 Å². The quantitative estimate of drug-likeness (QED) is 0.827. The van der Waals surface area contributed by atoms with E-state index < -0.39 is 0 Å². The molecule has 0 aromatic heterocycles. The molecule has 0 saturated heterocycles. The number of nitrogens with one attached hydrogen (secondary N) is 2. The second-order valence-corrected chi connectivity index (χ2v) is 4.23. The molecule has 0 radical (unpaired) electrons. The fourth-order valence-electron chi connectivity index (χ4n) is 1.65. The van der Waals surface area contributed by atoms with Gasteiger partial charge < -0.3 is 15.4 Å². The molecule has 0 unspecified atom stereocenters. The lowest BCUT2D eigenvalue weighted by atomic mass is 10.2. The van der Waals surface area contributed by atoms with Crippen molar-refractivity contribution in [1.29, 1.82) is 5.26 Å². The van der Waals surface area contributed by atoms with Gasteiger partial charge in [0.25, 0.3) is 0 Å². The molecule has 0 saturated carbocycles. The molecule has 21 heavy (non-hydrogen) atoms. The molecule has 5 nitrogen and oxygen atoms in total. The highest BCUT2D eigenvalue weighted by Crippen LogP contribution is 2.09. The smallest absolute Gasteiger partial charge is 0.319 e. The SMILES string of the molecule is N#Cc1ccc(NC(=O)NCCOc2ccccc2)cc1. The maximum atomic E-state index is 11.6. The largest absolute Gasteiger partial charge is 0.492 e. The summed E-state index contributed by atoms with van der Waals surface area (Å²) in [4.78, 5) is 11.6. The molecule has 0 atom stereocenters. The van der Waals surface area contributed by atoms with Crippen LogP contribution in [0.5, 0.6) is 5.75 Å². The first-order chi connectivity index (χ1) is 10.3. The van der Waals surface area contributed by atoms with Crippen LogP contribution in [0.4, 0.5) is 10.5 Å². The molecule has 0 aliphatic heterocycles. The number of nitrogens with zero attached hydrogens (tertiary/aromatic N) is 1. The van der Waals surface area contributed by atoms with E-state index in [9.17, 15) is 4.79 Å². The van der Waals surface area contributed by atoms with Crippen molar-refractivity contribution in [2.75, 3.05) is 18.5 Å². The number of hydrogen-bond acceptors (Lipinski definition) is 3. The summed E-state index contributed by atoms with van der Waals surface area (Å²) in [6.45, 7) is 0.793. The summed E-state index contributed by atoms with van der Waals surface area (Å²) in [5.74, 6) is 0.770. The molecule has 0 bridgehead atoms. The third kappa shape index (κ3) is 4.88. The first-order valence-corrected chi connectivity index (χ1v) is 6.51. The average Bonchev–Trinajstić information content (AvgIpc) is 2.53. The van der Waals surface area contributed by atoms with Gasteiger partial charge in [-0.15, -0.1) is 0 Å². The fourth-order valence-corrected chi connectivity index (χ4v) is 1.65. The first-order valence-electron chi connectivity index (χ1n) is 6.51. The highest BCUT2D eigenvalue weighted by atomic mass is 16.5. The second-order valence-electron chi connectivity index (χ2n) is 4.23. The number of ether oxygens (including phenoxy) is 1. The normalized spacial score (nSPS) is 9.48. The Morgan fingerprint density at radius 3 is 2.48 bits per heavy atom. The van der Waals surface area contributed by atoms with Crippen LogP contribution in [0.2, 0.25) is 0 Å².